The Morgan fingerprint density at radius 2 is 2.03 bits per heavy atom. The molecule has 8 nitrogen and oxygen atoms in total. The number of hydrogen-bond donors (Lipinski definition) is 2. The van der Waals surface area contributed by atoms with Crippen LogP contribution in [0.15, 0.2) is 36.7 Å². The average molecular weight is 448 g/mol. The molecule has 0 radical (unpaired) electrons. The highest BCUT2D eigenvalue weighted by molar-refractivity contribution is 7.14. The molecule has 0 aromatic carbocycles. The molecule has 4 aromatic heterocycles. The number of aliphatic hydroxyl groups is 1. The second-order valence-electron chi connectivity index (χ2n) is 8.64. The minimum Gasteiger partial charge on any atom is -0.390 e. The van der Waals surface area contributed by atoms with Gasteiger partial charge in [-0.05, 0) is 58.4 Å². The van der Waals surface area contributed by atoms with E-state index in [1.165, 1.54) is 11.3 Å². The zero-order valence-electron chi connectivity index (χ0n) is 18.5. The molecule has 0 aliphatic carbocycles. The maximum absolute atomic E-state index is 9.99. The summed E-state index contributed by atoms with van der Waals surface area (Å²) in [6, 6.07) is 10.00. The molecule has 0 aliphatic heterocycles. The van der Waals surface area contributed by atoms with Gasteiger partial charge >= 0.3 is 0 Å². The first-order valence-electron chi connectivity index (χ1n) is 10.4. The number of fused-ring (bicyclic) bond motifs is 1. The number of nitrogens with one attached hydrogen (secondary N) is 1. The second kappa shape index (κ2) is 8.65. The van der Waals surface area contributed by atoms with Crippen molar-refractivity contribution in [2.24, 2.45) is 0 Å². The monoisotopic (exact) mass is 447 g/mol. The van der Waals surface area contributed by atoms with Crippen molar-refractivity contribution in [3.8, 4) is 28.0 Å². The normalized spacial score (nSPS) is 11.8. The predicted octanol–water partition coefficient (Wildman–Crippen LogP) is 4.31. The zero-order chi connectivity index (χ0) is 22.9. The highest BCUT2D eigenvalue weighted by atomic mass is 32.1. The smallest absolute Gasteiger partial charge is 0.151 e. The molecule has 0 saturated carbocycles. The molecule has 4 aromatic rings. The fourth-order valence-corrected chi connectivity index (χ4v) is 4.19. The third kappa shape index (κ3) is 4.77. The van der Waals surface area contributed by atoms with Gasteiger partial charge in [0, 0.05) is 24.3 Å². The first-order valence-corrected chi connectivity index (χ1v) is 11.2. The molecule has 4 rings (SSSR count). The number of pyridine rings is 1. The quantitative estimate of drug-likeness (QED) is 0.434. The number of nitrogens with zero attached hydrogens (tertiary/aromatic N) is 6. The van der Waals surface area contributed by atoms with E-state index >= 15 is 0 Å². The van der Waals surface area contributed by atoms with E-state index in [1.54, 1.807) is 30.6 Å². The molecular weight excluding hydrogens is 422 g/mol. The molecule has 0 aliphatic rings. The van der Waals surface area contributed by atoms with Gasteiger partial charge in [-0.2, -0.15) is 10.4 Å². The highest BCUT2D eigenvalue weighted by Crippen LogP contribution is 2.34. The SMILES string of the molecule is CC(C)Nc1cc(-c2ccc3cc(C#N)cnn23)ncc1-c1nnc(CCC(C)(C)O)s1. The fourth-order valence-electron chi connectivity index (χ4n) is 3.33. The van der Waals surface area contributed by atoms with Gasteiger partial charge < -0.3 is 10.4 Å². The van der Waals surface area contributed by atoms with Gasteiger partial charge in [-0.1, -0.05) is 11.3 Å². The zero-order valence-corrected chi connectivity index (χ0v) is 19.3. The van der Waals surface area contributed by atoms with Crippen LogP contribution in [0.5, 0.6) is 0 Å². The van der Waals surface area contributed by atoms with Crippen molar-refractivity contribution in [1.29, 1.82) is 5.26 Å². The Morgan fingerprint density at radius 3 is 2.75 bits per heavy atom. The summed E-state index contributed by atoms with van der Waals surface area (Å²) in [5, 5.41) is 37.3. The van der Waals surface area contributed by atoms with Crippen LogP contribution in [-0.4, -0.2) is 41.5 Å². The number of nitriles is 1. The van der Waals surface area contributed by atoms with Crippen LogP contribution in [0.2, 0.25) is 0 Å². The Morgan fingerprint density at radius 1 is 1.22 bits per heavy atom. The summed E-state index contributed by atoms with van der Waals surface area (Å²) < 4.78 is 1.78. The van der Waals surface area contributed by atoms with Crippen molar-refractivity contribution >= 4 is 22.5 Å². The molecule has 4 heterocycles. The number of hydrogen-bond acceptors (Lipinski definition) is 8. The van der Waals surface area contributed by atoms with Crippen LogP contribution in [-0.2, 0) is 6.42 Å². The molecule has 2 N–H and O–H groups in total. The molecule has 0 bridgehead atoms. The molecule has 9 heteroatoms. The van der Waals surface area contributed by atoms with Crippen LogP contribution < -0.4 is 5.32 Å². The summed E-state index contributed by atoms with van der Waals surface area (Å²) in [6.07, 6.45) is 4.65. The van der Waals surface area contributed by atoms with Crippen LogP contribution in [0.4, 0.5) is 5.69 Å². The van der Waals surface area contributed by atoms with Gasteiger partial charge in [0.15, 0.2) is 5.01 Å². The Balaban J connectivity index is 1.70. The van der Waals surface area contributed by atoms with E-state index in [9.17, 15) is 5.11 Å². The molecule has 0 unspecified atom stereocenters. The predicted molar refractivity (Wildman–Crippen MR) is 125 cm³/mol. The standard InChI is InChI=1S/C23H25N7OS/c1-14(2)27-18-10-19(20-6-5-16-9-15(11-24)12-26-30(16)20)25-13-17(18)22-29-28-21(32-22)7-8-23(3,4)31/h5-6,9-10,12-14,31H,7-8H2,1-4H3,(H,25,27). The lowest BCUT2D eigenvalue weighted by atomic mass is 10.0. The van der Waals surface area contributed by atoms with E-state index in [2.05, 4.69) is 45.5 Å². The fraction of sp³-hybridized carbons (Fsp3) is 0.348. The molecule has 0 spiro atoms. The topological polar surface area (TPSA) is 112 Å². The van der Waals surface area contributed by atoms with E-state index in [1.807, 2.05) is 24.4 Å². The van der Waals surface area contributed by atoms with Crippen LogP contribution in [0.3, 0.4) is 0 Å². The first-order chi connectivity index (χ1) is 15.2. The summed E-state index contributed by atoms with van der Waals surface area (Å²) in [7, 11) is 0. The average Bonchev–Trinajstić information content (AvgIpc) is 3.38. The third-order valence-corrected chi connectivity index (χ3v) is 5.90. The van der Waals surface area contributed by atoms with Gasteiger partial charge in [0.05, 0.1) is 39.8 Å². The van der Waals surface area contributed by atoms with Crippen LogP contribution in [0.1, 0.15) is 44.7 Å². The summed E-state index contributed by atoms with van der Waals surface area (Å²) >= 11 is 1.52. The van der Waals surface area contributed by atoms with Crippen LogP contribution in [0.25, 0.3) is 27.5 Å². The molecule has 0 atom stereocenters. The van der Waals surface area contributed by atoms with Crippen molar-refractivity contribution in [3.63, 3.8) is 0 Å². The van der Waals surface area contributed by atoms with E-state index in [0.29, 0.717) is 18.4 Å². The van der Waals surface area contributed by atoms with Crippen molar-refractivity contribution in [2.45, 2.75) is 52.2 Å². The Labute approximate surface area is 190 Å². The Hall–Kier alpha value is -3.35. The highest BCUT2D eigenvalue weighted by Gasteiger charge is 2.18. The van der Waals surface area contributed by atoms with Gasteiger partial charge in [-0.3, -0.25) is 4.98 Å². The van der Waals surface area contributed by atoms with Gasteiger partial charge in [0.25, 0.3) is 0 Å². The molecule has 32 heavy (non-hydrogen) atoms. The summed E-state index contributed by atoms with van der Waals surface area (Å²) in [4.78, 5) is 4.69. The maximum atomic E-state index is 9.99. The van der Waals surface area contributed by atoms with Crippen LogP contribution >= 0.6 is 11.3 Å². The summed E-state index contributed by atoms with van der Waals surface area (Å²) in [5.74, 6) is 0. The lowest BCUT2D eigenvalue weighted by Crippen LogP contribution is -2.19. The van der Waals surface area contributed by atoms with E-state index in [-0.39, 0.29) is 6.04 Å². The Bertz CT molecular complexity index is 1290. The number of aromatic nitrogens is 5. The summed E-state index contributed by atoms with van der Waals surface area (Å²) in [6.45, 7) is 7.75. The largest absolute Gasteiger partial charge is 0.390 e. The van der Waals surface area contributed by atoms with E-state index in [0.717, 1.165) is 38.2 Å². The second-order valence-corrected chi connectivity index (χ2v) is 9.70. The Kier molecular flexibility index (Phi) is 5.91. The van der Waals surface area contributed by atoms with Gasteiger partial charge in [-0.15, -0.1) is 10.2 Å². The first kappa shape index (κ1) is 21.9. The van der Waals surface area contributed by atoms with Crippen LogP contribution in [0, 0.1) is 11.3 Å². The summed E-state index contributed by atoms with van der Waals surface area (Å²) in [5.41, 5.74) is 4.02. The molecule has 0 saturated heterocycles. The lowest BCUT2D eigenvalue weighted by Gasteiger charge is -2.15. The molecular formula is C23H25N7OS. The van der Waals surface area contributed by atoms with Crippen molar-refractivity contribution < 1.29 is 5.11 Å². The van der Waals surface area contributed by atoms with Crippen molar-refractivity contribution in [2.75, 3.05) is 5.32 Å². The minimum absolute atomic E-state index is 0.215. The van der Waals surface area contributed by atoms with Gasteiger partial charge in [0.1, 0.15) is 11.1 Å². The van der Waals surface area contributed by atoms with Crippen molar-refractivity contribution in [3.05, 3.63) is 47.2 Å². The molecule has 0 fully saturated rings. The minimum atomic E-state index is -0.735. The van der Waals surface area contributed by atoms with E-state index in [4.69, 9.17) is 5.26 Å². The van der Waals surface area contributed by atoms with E-state index < -0.39 is 5.60 Å². The lowest BCUT2D eigenvalue weighted by molar-refractivity contribution is 0.0713. The van der Waals surface area contributed by atoms with Gasteiger partial charge in [0.2, 0.25) is 0 Å². The number of anilines is 1. The molecule has 0 amide bonds. The molecule has 164 valence electrons. The number of rotatable bonds is 7. The maximum Gasteiger partial charge on any atom is 0.151 e. The van der Waals surface area contributed by atoms with Gasteiger partial charge in [-0.25, -0.2) is 4.52 Å². The number of aryl methyl sites for hydroxylation is 1. The van der Waals surface area contributed by atoms with Crippen molar-refractivity contribution in [1.82, 2.24) is 24.8 Å². The third-order valence-electron chi connectivity index (χ3n) is 4.89.